The number of rotatable bonds is 2. The van der Waals surface area contributed by atoms with E-state index in [1.165, 1.54) is 21.7 Å². The summed E-state index contributed by atoms with van der Waals surface area (Å²) in [5, 5.41) is 2.15. The average Bonchev–Trinajstić information content (AvgIpc) is 3.03. The van der Waals surface area contributed by atoms with Crippen LogP contribution in [0.15, 0.2) is 53.4 Å². The molecule has 0 amide bonds. The van der Waals surface area contributed by atoms with Crippen LogP contribution < -0.4 is 0 Å². The summed E-state index contributed by atoms with van der Waals surface area (Å²) in [5.41, 5.74) is 6.03. The van der Waals surface area contributed by atoms with Crippen LogP contribution in [-0.4, -0.2) is 23.8 Å². The lowest BCUT2D eigenvalue weighted by molar-refractivity contribution is -0.110. The maximum absolute atomic E-state index is 11.9. The number of allylic oxidation sites excluding steroid dienone is 2. The highest BCUT2D eigenvalue weighted by Gasteiger charge is 2.34. The first kappa shape index (κ1) is 13.5. The van der Waals surface area contributed by atoms with E-state index in [-0.39, 0.29) is 6.04 Å². The van der Waals surface area contributed by atoms with Crippen LogP contribution >= 0.6 is 11.3 Å². The molecule has 1 aromatic carbocycles. The van der Waals surface area contributed by atoms with Gasteiger partial charge in [0, 0.05) is 29.1 Å². The number of hydrogen-bond acceptors (Lipinski definition) is 3. The zero-order valence-corrected chi connectivity index (χ0v) is 13.3. The van der Waals surface area contributed by atoms with Gasteiger partial charge < -0.3 is 9.69 Å². The first-order chi connectivity index (χ1) is 10.8. The summed E-state index contributed by atoms with van der Waals surface area (Å²) in [7, 11) is 0. The van der Waals surface area contributed by atoms with Crippen molar-refractivity contribution in [2.75, 3.05) is 6.54 Å². The van der Waals surface area contributed by atoms with Gasteiger partial charge in [-0.25, -0.2) is 0 Å². The van der Waals surface area contributed by atoms with Crippen molar-refractivity contribution < 1.29 is 4.79 Å². The van der Waals surface area contributed by atoms with E-state index in [2.05, 4.69) is 41.5 Å². The Hall–Kier alpha value is -2.13. The van der Waals surface area contributed by atoms with Crippen LogP contribution in [0.4, 0.5) is 0 Å². The summed E-state index contributed by atoms with van der Waals surface area (Å²) in [4.78, 5) is 15.6. The standard InChI is InChI=1S/C19H17NOS/c1-13-11-16(14-5-3-2-4-6-14)17(12-21)20-9-7-18-15(19(13)20)8-10-22-18/h2-6,8,10-12,17H,7,9H2,1H3. The van der Waals surface area contributed by atoms with Crippen molar-refractivity contribution in [2.24, 2.45) is 0 Å². The highest BCUT2D eigenvalue weighted by Crippen LogP contribution is 2.41. The van der Waals surface area contributed by atoms with Crippen molar-refractivity contribution in [3.8, 4) is 0 Å². The summed E-state index contributed by atoms with van der Waals surface area (Å²) in [6, 6.07) is 12.2. The lowest BCUT2D eigenvalue weighted by Crippen LogP contribution is -2.42. The molecule has 2 aliphatic rings. The molecule has 2 nitrogen and oxygen atoms in total. The molecule has 0 fully saturated rings. The van der Waals surface area contributed by atoms with Crippen molar-refractivity contribution >= 4 is 28.9 Å². The molecule has 4 rings (SSSR count). The summed E-state index contributed by atoms with van der Waals surface area (Å²) in [5.74, 6) is 0. The van der Waals surface area contributed by atoms with Crippen LogP contribution in [0.2, 0.25) is 0 Å². The molecule has 0 aliphatic carbocycles. The SMILES string of the molecule is CC1=C2c3ccsc3CCN2C(C=O)C(c2ccccc2)=C1. The number of aldehydes is 1. The van der Waals surface area contributed by atoms with E-state index in [9.17, 15) is 4.79 Å². The third-order valence-corrected chi connectivity index (χ3v) is 5.48. The highest BCUT2D eigenvalue weighted by atomic mass is 32.1. The molecule has 0 N–H and O–H groups in total. The smallest absolute Gasteiger partial charge is 0.147 e. The molecular formula is C19H17NOS. The predicted molar refractivity (Wildman–Crippen MR) is 91.6 cm³/mol. The Morgan fingerprint density at radius 1 is 1.23 bits per heavy atom. The largest absolute Gasteiger partial charge is 0.357 e. The van der Waals surface area contributed by atoms with Gasteiger partial charge in [0.05, 0.1) is 0 Å². The van der Waals surface area contributed by atoms with Crippen LogP contribution in [0.25, 0.3) is 11.3 Å². The van der Waals surface area contributed by atoms with E-state index in [4.69, 9.17) is 0 Å². The Morgan fingerprint density at radius 3 is 2.82 bits per heavy atom. The molecule has 0 spiro atoms. The van der Waals surface area contributed by atoms with Crippen molar-refractivity contribution in [1.29, 1.82) is 0 Å². The van der Waals surface area contributed by atoms with Crippen molar-refractivity contribution in [2.45, 2.75) is 19.4 Å². The van der Waals surface area contributed by atoms with E-state index < -0.39 is 0 Å². The van der Waals surface area contributed by atoms with Gasteiger partial charge in [0.15, 0.2) is 0 Å². The van der Waals surface area contributed by atoms with Gasteiger partial charge in [-0.1, -0.05) is 36.4 Å². The van der Waals surface area contributed by atoms with Gasteiger partial charge in [0.25, 0.3) is 0 Å². The summed E-state index contributed by atoms with van der Waals surface area (Å²) < 4.78 is 0. The Balaban J connectivity index is 1.90. The number of carbonyl (C=O) groups is 1. The van der Waals surface area contributed by atoms with Crippen molar-refractivity contribution in [3.05, 3.63) is 69.4 Å². The third kappa shape index (κ3) is 1.97. The quantitative estimate of drug-likeness (QED) is 0.782. The topological polar surface area (TPSA) is 20.3 Å². The lowest BCUT2D eigenvalue weighted by atomic mass is 9.87. The minimum Gasteiger partial charge on any atom is -0.357 e. The number of nitrogens with zero attached hydrogens (tertiary/aromatic N) is 1. The Bertz CT molecular complexity index is 785. The molecule has 1 atom stereocenters. The van der Waals surface area contributed by atoms with Crippen LogP contribution in [0.5, 0.6) is 0 Å². The zero-order chi connectivity index (χ0) is 15.1. The fourth-order valence-corrected chi connectivity index (χ4v) is 4.41. The van der Waals surface area contributed by atoms with E-state index in [1.807, 2.05) is 29.5 Å². The molecule has 3 heteroatoms. The number of carbonyl (C=O) groups excluding carboxylic acids is 1. The maximum Gasteiger partial charge on any atom is 0.147 e. The number of fused-ring (bicyclic) bond motifs is 3. The number of thiophene rings is 1. The zero-order valence-electron chi connectivity index (χ0n) is 12.5. The second kappa shape index (κ2) is 5.25. The summed E-state index contributed by atoms with van der Waals surface area (Å²) >= 11 is 1.82. The fourth-order valence-electron chi connectivity index (χ4n) is 3.54. The fraction of sp³-hybridized carbons (Fsp3) is 0.211. The van der Waals surface area contributed by atoms with Crippen molar-refractivity contribution in [3.63, 3.8) is 0 Å². The summed E-state index contributed by atoms with van der Waals surface area (Å²) in [6.07, 6.45) is 4.30. The second-order valence-electron chi connectivity index (χ2n) is 5.78. The molecular weight excluding hydrogens is 290 g/mol. The van der Waals surface area contributed by atoms with Crippen molar-refractivity contribution in [1.82, 2.24) is 4.90 Å². The Kier molecular flexibility index (Phi) is 3.23. The maximum atomic E-state index is 11.9. The molecule has 2 aromatic rings. The predicted octanol–water partition coefficient (Wildman–Crippen LogP) is 4.00. The first-order valence-electron chi connectivity index (χ1n) is 7.56. The van der Waals surface area contributed by atoms with E-state index in [0.717, 1.165) is 30.4 Å². The van der Waals surface area contributed by atoms with Crippen LogP contribution in [0.3, 0.4) is 0 Å². The number of benzene rings is 1. The minimum atomic E-state index is -0.186. The normalized spacial score (nSPS) is 20.3. The average molecular weight is 307 g/mol. The van der Waals surface area contributed by atoms with Crippen LogP contribution in [0.1, 0.15) is 22.9 Å². The molecule has 110 valence electrons. The lowest BCUT2D eigenvalue weighted by Gasteiger charge is -2.40. The molecule has 22 heavy (non-hydrogen) atoms. The highest BCUT2D eigenvalue weighted by molar-refractivity contribution is 7.10. The minimum absolute atomic E-state index is 0.186. The van der Waals surface area contributed by atoms with Gasteiger partial charge in [0.1, 0.15) is 12.3 Å². The van der Waals surface area contributed by atoms with Gasteiger partial charge in [-0.15, -0.1) is 11.3 Å². The third-order valence-electron chi connectivity index (χ3n) is 4.50. The van der Waals surface area contributed by atoms with Gasteiger partial charge in [-0.3, -0.25) is 0 Å². The van der Waals surface area contributed by atoms with E-state index in [0.29, 0.717) is 0 Å². The van der Waals surface area contributed by atoms with Gasteiger partial charge >= 0.3 is 0 Å². The van der Waals surface area contributed by atoms with E-state index >= 15 is 0 Å². The molecule has 1 aromatic heterocycles. The van der Waals surface area contributed by atoms with Gasteiger partial charge in [-0.05, 0) is 35.1 Å². The first-order valence-corrected chi connectivity index (χ1v) is 8.44. The van der Waals surface area contributed by atoms with E-state index in [1.54, 1.807) is 0 Å². The molecule has 0 bridgehead atoms. The molecule has 1 unspecified atom stereocenters. The van der Waals surface area contributed by atoms with Gasteiger partial charge in [0.2, 0.25) is 0 Å². The molecule has 0 radical (unpaired) electrons. The second-order valence-corrected chi connectivity index (χ2v) is 6.78. The number of hydrogen-bond donors (Lipinski definition) is 0. The molecule has 2 aliphatic heterocycles. The van der Waals surface area contributed by atoms with Gasteiger partial charge in [-0.2, -0.15) is 0 Å². The monoisotopic (exact) mass is 307 g/mol. The molecule has 0 saturated carbocycles. The summed E-state index contributed by atoms with van der Waals surface area (Å²) in [6.45, 7) is 3.06. The van der Waals surface area contributed by atoms with Crippen LogP contribution in [-0.2, 0) is 11.2 Å². The van der Waals surface area contributed by atoms with Crippen LogP contribution in [0, 0.1) is 0 Å². The Labute approximate surface area is 134 Å². The Morgan fingerprint density at radius 2 is 2.05 bits per heavy atom. The molecule has 3 heterocycles. The molecule has 0 saturated heterocycles.